The van der Waals surface area contributed by atoms with Crippen LogP contribution in [0.25, 0.3) is 5.82 Å². The van der Waals surface area contributed by atoms with E-state index < -0.39 is 15.9 Å². The van der Waals surface area contributed by atoms with Crippen molar-refractivity contribution < 1.29 is 17.9 Å². The number of carbonyl (C=O) groups is 1. The molecule has 2 atom stereocenters. The Morgan fingerprint density at radius 1 is 0.981 bits per heavy atom. The lowest BCUT2D eigenvalue weighted by Crippen LogP contribution is -2.41. The Balaban J connectivity index is 1.02. The first-order chi connectivity index (χ1) is 25.7. The molecular formula is C41H50N8O4S. The van der Waals surface area contributed by atoms with Crippen molar-refractivity contribution in [3.8, 4) is 11.7 Å². The molecule has 1 saturated heterocycles. The zero-order valence-electron chi connectivity index (χ0n) is 31.8. The highest BCUT2D eigenvalue weighted by Gasteiger charge is 2.85. The van der Waals surface area contributed by atoms with Crippen molar-refractivity contribution in [2.45, 2.75) is 108 Å². The van der Waals surface area contributed by atoms with Gasteiger partial charge in [-0.05, 0) is 135 Å². The van der Waals surface area contributed by atoms with Gasteiger partial charge in [0.1, 0.15) is 11.6 Å². The largest absolute Gasteiger partial charge is 0.477 e. The van der Waals surface area contributed by atoms with E-state index in [1.807, 2.05) is 24.5 Å². The second kappa shape index (κ2) is 12.2. The summed E-state index contributed by atoms with van der Waals surface area (Å²) in [6.45, 7) is 12.1. The number of hydrogen-bond acceptors (Lipinski definition) is 10. The predicted octanol–water partition coefficient (Wildman–Crippen LogP) is 6.98. The summed E-state index contributed by atoms with van der Waals surface area (Å²) in [5, 5.41) is 7.93. The van der Waals surface area contributed by atoms with Gasteiger partial charge in [0.25, 0.3) is 15.9 Å². The number of carbonyl (C=O) groups excluding carboxylic acids is 1. The second-order valence-electron chi connectivity index (χ2n) is 17.9. The molecule has 13 heteroatoms. The lowest BCUT2D eigenvalue weighted by atomic mass is 9.86. The highest BCUT2D eigenvalue weighted by molar-refractivity contribution is 7.90. The standard InChI is InChI=1S/C41H50N8O4S/c1-38(2,3)27-13-20-42-30(23-27)29-11-9-26-24-39(4,5)48(25-26)36-28(37(50)47-54(51,52)35-8-6-7-32(43-29)44-35)10-12-33(45-36)49-21-14-34(46-49)53-22-15-31-40(16-17-40)41(31)18-19-41/h6-8,10,12-14,20-21,23,26,29,31H,9,11,15-19,22,24-25H2,1-5H3,(H,43,44)(H,47,50)/t26-,29?/m0/s1. The molecular weight excluding hydrogens is 701 g/mol. The van der Waals surface area contributed by atoms with Gasteiger partial charge in [-0.1, -0.05) is 26.8 Å². The van der Waals surface area contributed by atoms with E-state index in [4.69, 9.17) is 19.8 Å². The van der Waals surface area contributed by atoms with E-state index >= 15 is 0 Å². The van der Waals surface area contributed by atoms with Crippen molar-refractivity contribution in [2.24, 2.45) is 22.7 Å². The Morgan fingerprint density at radius 2 is 1.76 bits per heavy atom. The number of anilines is 2. The zero-order valence-corrected chi connectivity index (χ0v) is 32.6. The smallest absolute Gasteiger partial charge is 0.281 e. The summed E-state index contributed by atoms with van der Waals surface area (Å²) in [6, 6.07) is 13.9. The first-order valence-electron chi connectivity index (χ1n) is 19.4. The van der Waals surface area contributed by atoms with Gasteiger partial charge in [0.05, 0.1) is 23.9 Å². The van der Waals surface area contributed by atoms with Crippen LogP contribution in [-0.4, -0.2) is 57.7 Å². The number of sulfonamides is 1. The third-order valence-corrected chi connectivity index (χ3v) is 14.2. The van der Waals surface area contributed by atoms with Crippen LogP contribution in [-0.2, 0) is 15.4 Å². The number of ether oxygens (including phenoxy) is 1. The van der Waals surface area contributed by atoms with Gasteiger partial charge in [-0.3, -0.25) is 9.78 Å². The Morgan fingerprint density at radius 3 is 2.50 bits per heavy atom. The van der Waals surface area contributed by atoms with Gasteiger partial charge >= 0.3 is 0 Å². The summed E-state index contributed by atoms with van der Waals surface area (Å²) in [6.07, 6.45) is 12.7. The summed E-state index contributed by atoms with van der Waals surface area (Å²) >= 11 is 0. The van der Waals surface area contributed by atoms with Gasteiger partial charge in [0, 0.05) is 30.5 Å². The second-order valence-corrected chi connectivity index (χ2v) is 19.6. The van der Waals surface area contributed by atoms with Crippen molar-refractivity contribution in [1.29, 1.82) is 0 Å². The van der Waals surface area contributed by atoms with Crippen molar-refractivity contribution in [2.75, 3.05) is 23.4 Å². The SMILES string of the molecule is CC(C)(C)c1ccnc(C2CC[C@@H]3CN(c4nc(-n5ccc(OCCC6C7(CC7)C67CC7)n5)ccc4C(=O)NS(=O)(=O)c4cccc(n4)N2)C(C)(C)C3)c1. The summed E-state index contributed by atoms with van der Waals surface area (Å²) in [7, 11) is -4.35. The number of aromatic nitrogens is 5. The van der Waals surface area contributed by atoms with Crippen molar-refractivity contribution in [3.05, 3.63) is 77.7 Å². The van der Waals surface area contributed by atoms with Crippen LogP contribution >= 0.6 is 0 Å². The molecule has 6 heterocycles. The molecule has 5 aliphatic rings. The highest BCUT2D eigenvalue weighted by Crippen LogP contribution is 2.93. The number of nitrogens with one attached hydrogen (secondary N) is 2. The average Bonchev–Trinajstić information content (AvgIpc) is 4.08. The van der Waals surface area contributed by atoms with Crippen LogP contribution < -0.4 is 19.7 Å². The molecule has 1 amide bonds. The highest BCUT2D eigenvalue weighted by atomic mass is 32.2. The number of rotatable bonds is 6. The Bertz CT molecular complexity index is 2220. The third-order valence-electron chi connectivity index (χ3n) is 13.0. The van der Waals surface area contributed by atoms with Gasteiger partial charge in [-0.25, -0.2) is 19.4 Å². The Labute approximate surface area is 317 Å². The summed E-state index contributed by atoms with van der Waals surface area (Å²) in [5.41, 5.74) is 3.05. The Kier molecular flexibility index (Phi) is 7.98. The monoisotopic (exact) mass is 750 g/mol. The van der Waals surface area contributed by atoms with Gasteiger partial charge in [0.2, 0.25) is 5.88 Å². The molecule has 4 aromatic heterocycles. The van der Waals surface area contributed by atoms with Gasteiger partial charge in [-0.15, -0.1) is 5.10 Å². The molecule has 0 radical (unpaired) electrons. The fourth-order valence-corrected chi connectivity index (χ4v) is 10.8. The lowest BCUT2D eigenvalue weighted by molar-refractivity contribution is 0.0981. The summed E-state index contributed by atoms with van der Waals surface area (Å²) < 4.78 is 37.5. The zero-order chi connectivity index (χ0) is 37.7. The van der Waals surface area contributed by atoms with Crippen molar-refractivity contribution >= 4 is 27.6 Å². The molecule has 2 N–H and O–H groups in total. The average molecular weight is 751 g/mol. The minimum absolute atomic E-state index is 0.0724. The maximum absolute atomic E-state index is 14.0. The van der Waals surface area contributed by atoms with E-state index in [1.165, 1.54) is 31.7 Å². The van der Waals surface area contributed by atoms with E-state index in [9.17, 15) is 13.2 Å². The first kappa shape index (κ1) is 35.2. The minimum atomic E-state index is -4.35. The maximum atomic E-state index is 14.0. The van der Waals surface area contributed by atoms with Crippen molar-refractivity contribution in [3.63, 3.8) is 0 Å². The predicted molar refractivity (Wildman–Crippen MR) is 205 cm³/mol. The summed E-state index contributed by atoms with van der Waals surface area (Å²) in [4.78, 5) is 30.4. The normalized spacial score (nSPS) is 24.5. The molecule has 284 valence electrons. The molecule has 4 fully saturated rings. The number of nitrogens with zero attached hydrogens (tertiary/aromatic N) is 6. The van der Waals surface area contributed by atoms with Crippen molar-refractivity contribution in [1.82, 2.24) is 29.5 Å². The van der Waals surface area contributed by atoms with E-state index in [1.54, 1.807) is 28.9 Å². The molecule has 4 aromatic rings. The lowest BCUT2D eigenvalue weighted by Gasteiger charge is -2.34. The topological polar surface area (TPSA) is 144 Å². The maximum Gasteiger partial charge on any atom is 0.281 e. The van der Waals surface area contributed by atoms with Crippen LogP contribution in [0.1, 0.15) is 114 Å². The molecule has 3 aliphatic carbocycles. The van der Waals surface area contributed by atoms with E-state index in [-0.39, 0.29) is 33.5 Å². The fraction of sp³-hybridized carbons (Fsp3) is 0.537. The quantitative estimate of drug-likeness (QED) is 0.212. The number of amides is 1. The van der Waals surface area contributed by atoms with E-state index in [2.05, 4.69) is 60.6 Å². The number of hydrogen-bond donors (Lipinski definition) is 2. The third kappa shape index (κ3) is 6.12. The van der Waals surface area contributed by atoms with Crippen LogP contribution in [0.3, 0.4) is 0 Å². The minimum Gasteiger partial charge on any atom is -0.477 e. The van der Waals surface area contributed by atoms with Gasteiger partial charge < -0.3 is 15.0 Å². The van der Waals surface area contributed by atoms with Crippen LogP contribution in [0.4, 0.5) is 11.6 Å². The molecule has 0 aromatic carbocycles. The van der Waals surface area contributed by atoms with Crippen LogP contribution in [0.15, 0.2) is 66.0 Å². The van der Waals surface area contributed by atoms with E-state index in [0.717, 1.165) is 42.9 Å². The molecule has 2 aliphatic heterocycles. The van der Waals surface area contributed by atoms with Crippen LogP contribution in [0.2, 0.25) is 0 Å². The van der Waals surface area contributed by atoms with Crippen LogP contribution in [0.5, 0.6) is 5.88 Å². The summed E-state index contributed by atoms with van der Waals surface area (Å²) in [5.74, 6) is 2.15. The first-order valence-corrected chi connectivity index (χ1v) is 20.9. The Hall–Kier alpha value is -4.52. The molecule has 4 bridgehead atoms. The number of pyridine rings is 3. The molecule has 12 nitrogen and oxygen atoms in total. The molecule has 3 saturated carbocycles. The number of fused-ring (bicyclic) bond motifs is 7. The molecule has 2 spiro atoms. The molecule has 9 rings (SSSR count). The van der Waals surface area contributed by atoms with Crippen LogP contribution in [0, 0.1) is 22.7 Å². The molecule has 1 unspecified atom stereocenters. The fourth-order valence-electron chi connectivity index (χ4n) is 9.90. The van der Waals surface area contributed by atoms with Gasteiger partial charge in [0.15, 0.2) is 10.8 Å². The van der Waals surface area contributed by atoms with Gasteiger partial charge in [-0.2, -0.15) is 8.42 Å². The van der Waals surface area contributed by atoms with E-state index in [0.29, 0.717) is 47.3 Å². The molecule has 54 heavy (non-hydrogen) atoms.